The zero-order chi connectivity index (χ0) is 13.0. The van der Waals surface area contributed by atoms with Gasteiger partial charge in [0.2, 0.25) is 0 Å². The van der Waals surface area contributed by atoms with Gasteiger partial charge in [0.05, 0.1) is 12.0 Å². The molecule has 4 nitrogen and oxygen atoms in total. The van der Waals surface area contributed by atoms with Crippen molar-refractivity contribution in [3.8, 4) is 0 Å². The van der Waals surface area contributed by atoms with Crippen LogP contribution in [0.3, 0.4) is 0 Å². The van der Waals surface area contributed by atoms with E-state index in [1.165, 1.54) is 11.3 Å². The maximum Gasteiger partial charge on any atom is 0.308 e. The third kappa shape index (κ3) is 3.31. The summed E-state index contributed by atoms with van der Waals surface area (Å²) in [6, 6.07) is 3.89. The minimum Gasteiger partial charge on any atom is -0.481 e. The van der Waals surface area contributed by atoms with E-state index in [9.17, 15) is 4.79 Å². The van der Waals surface area contributed by atoms with E-state index in [4.69, 9.17) is 9.84 Å². The van der Waals surface area contributed by atoms with Gasteiger partial charge in [-0.2, -0.15) is 0 Å². The van der Waals surface area contributed by atoms with Gasteiger partial charge in [-0.05, 0) is 31.4 Å². The van der Waals surface area contributed by atoms with Gasteiger partial charge in [0.15, 0.2) is 0 Å². The molecule has 0 amide bonds. The minimum absolute atomic E-state index is 0.0428. The van der Waals surface area contributed by atoms with Crippen molar-refractivity contribution in [2.45, 2.75) is 37.8 Å². The number of carboxylic acids is 1. The molecule has 0 saturated heterocycles. The van der Waals surface area contributed by atoms with Gasteiger partial charge < -0.3 is 15.2 Å². The first kappa shape index (κ1) is 13.5. The Labute approximate surface area is 111 Å². The summed E-state index contributed by atoms with van der Waals surface area (Å²) in [5, 5.41) is 12.1. The number of ether oxygens (including phenoxy) is 1. The van der Waals surface area contributed by atoms with Crippen LogP contribution in [0.4, 0.5) is 0 Å². The van der Waals surface area contributed by atoms with Crippen molar-refractivity contribution in [3.63, 3.8) is 0 Å². The first-order chi connectivity index (χ1) is 8.63. The van der Waals surface area contributed by atoms with Gasteiger partial charge in [-0.25, -0.2) is 0 Å². The van der Waals surface area contributed by atoms with Crippen LogP contribution in [0, 0.1) is 0 Å². The van der Waals surface area contributed by atoms with Crippen LogP contribution in [0.1, 0.15) is 29.0 Å². The molecule has 1 aromatic heterocycles. The van der Waals surface area contributed by atoms with Gasteiger partial charge in [-0.1, -0.05) is 0 Å². The molecule has 0 bridgehead atoms. The van der Waals surface area contributed by atoms with Crippen molar-refractivity contribution in [2.75, 3.05) is 13.7 Å². The molecule has 0 atom stereocenters. The van der Waals surface area contributed by atoms with E-state index in [2.05, 4.69) is 5.32 Å². The lowest BCUT2D eigenvalue weighted by Crippen LogP contribution is -2.47. The fourth-order valence-electron chi connectivity index (χ4n) is 2.20. The smallest absolute Gasteiger partial charge is 0.308 e. The fourth-order valence-corrected chi connectivity index (χ4v) is 3.18. The average Bonchev–Trinajstić information content (AvgIpc) is 2.69. The molecule has 1 heterocycles. The third-order valence-electron chi connectivity index (χ3n) is 3.49. The minimum atomic E-state index is -0.774. The van der Waals surface area contributed by atoms with E-state index in [0.29, 0.717) is 0 Å². The Morgan fingerprint density at radius 2 is 2.22 bits per heavy atom. The Bertz CT molecular complexity index is 407. The number of carbonyl (C=O) groups is 1. The number of rotatable bonds is 7. The maximum absolute atomic E-state index is 10.6. The second-order valence-electron chi connectivity index (χ2n) is 4.78. The number of hydrogen-bond donors (Lipinski definition) is 2. The molecular formula is C13H19NO3S. The molecule has 18 heavy (non-hydrogen) atoms. The lowest BCUT2D eigenvalue weighted by Gasteiger charge is -2.40. The Kier molecular flexibility index (Phi) is 4.37. The number of hydrogen-bond acceptors (Lipinski definition) is 4. The molecule has 5 heteroatoms. The van der Waals surface area contributed by atoms with Crippen LogP contribution >= 0.6 is 11.3 Å². The van der Waals surface area contributed by atoms with Crippen molar-refractivity contribution < 1.29 is 14.6 Å². The highest BCUT2D eigenvalue weighted by Gasteiger charge is 2.36. The Balaban J connectivity index is 1.76. The predicted molar refractivity (Wildman–Crippen MR) is 71.0 cm³/mol. The molecule has 0 aromatic carbocycles. The van der Waals surface area contributed by atoms with Crippen molar-refractivity contribution >= 4 is 17.3 Å². The molecule has 1 saturated carbocycles. The van der Waals surface area contributed by atoms with Crippen LogP contribution in [-0.4, -0.2) is 30.3 Å². The standard InChI is InChI=1S/C13H19NO3S/c1-17-13(5-2-6-13)9-14-8-11-4-3-10(18-11)7-12(15)16/h3-4,14H,2,5-9H2,1H3,(H,15,16). The zero-order valence-electron chi connectivity index (χ0n) is 10.6. The summed E-state index contributed by atoms with van der Waals surface area (Å²) in [7, 11) is 1.77. The van der Waals surface area contributed by atoms with Gasteiger partial charge >= 0.3 is 5.97 Å². The Morgan fingerprint density at radius 3 is 2.78 bits per heavy atom. The SMILES string of the molecule is COC1(CNCc2ccc(CC(=O)O)s2)CCC1. The van der Waals surface area contributed by atoms with Gasteiger partial charge in [0, 0.05) is 30.0 Å². The van der Waals surface area contributed by atoms with Crippen molar-refractivity contribution in [2.24, 2.45) is 0 Å². The summed E-state index contributed by atoms with van der Waals surface area (Å²) in [4.78, 5) is 12.7. The van der Waals surface area contributed by atoms with E-state index in [1.54, 1.807) is 18.4 Å². The highest BCUT2D eigenvalue weighted by molar-refractivity contribution is 7.12. The van der Waals surface area contributed by atoms with Gasteiger partial charge in [-0.3, -0.25) is 4.79 Å². The van der Waals surface area contributed by atoms with Crippen LogP contribution in [0.5, 0.6) is 0 Å². The van der Waals surface area contributed by atoms with Gasteiger partial charge in [0.25, 0.3) is 0 Å². The van der Waals surface area contributed by atoms with Crippen LogP contribution in [0.25, 0.3) is 0 Å². The summed E-state index contributed by atoms with van der Waals surface area (Å²) in [6.45, 7) is 1.66. The second kappa shape index (κ2) is 5.82. The molecule has 1 aliphatic rings. The van der Waals surface area contributed by atoms with Crippen LogP contribution in [0.15, 0.2) is 12.1 Å². The monoisotopic (exact) mass is 269 g/mol. The highest BCUT2D eigenvalue weighted by atomic mass is 32.1. The lowest BCUT2D eigenvalue weighted by atomic mass is 9.80. The first-order valence-corrected chi connectivity index (χ1v) is 7.00. The molecule has 100 valence electrons. The molecule has 1 aromatic rings. The van der Waals surface area contributed by atoms with Gasteiger partial charge in [-0.15, -0.1) is 11.3 Å². The van der Waals surface area contributed by atoms with E-state index >= 15 is 0 Å². The molecule has 2 N–H and O–H groups in total. The van der Waals surface area contributed by atoms with E-state index in [-0.39, 0.29) is 12.0 Å². The fraction of sp³-hybridized carbons (Fsp3) is 0.615. The lowest BCUT2D eigenvalue weighted by molar-refractivity contribution is -0.136. The largest absolute Gasteiger partial charge is 0.481 e. The number of aliphatic carboxylic acids is 1. The summed E-state index contributed by atoms with van der Waals surface area (Å²) < 4.78 is 5.53. The molecule has 2 rings (SSSR count). The van der Waals surface area contributed by atoms with Gasteiger partial charge in [0.1, 0.15) is 0 Å². The number of nitrogens with one attached hydrogen (secondary N) is 1. The van der Waals surface area contributed by atoms with E-state index < -0.39 is 5.97 Å². The third-order valence-corrected chi connectivity index (χ3v) is 4.57. The topological polar surface area (TPSA) is 58.6 Å². The molecule has 0 radical (unpaired) electrons. The van der Waals surface area contributed by atoms with Crippen LogP contribution in [-0.2, 0) is 22.5 Å². The number of methoxy groups -OCH3 is 1. The van der Waals surface area contributed by atoms with Crippen molar-refractivity contribution in [1.29, 1.82) is 0 Å². The van der Waals surface area contributed by atoms with Crippen LogP contribution < -0.4 is 5.32 Å². The Hall–Kier alpha value is -0.910. The molecule has 0 aliphatic heterocycles. The molecule has 0 unspecified atom stereocenters. The molecular weight excluding hydrogens is 250 g/mol. The molecule has 1 fully saturated rings. The maximum atomic E-state index is 10.6. The summed E-state index contributed by atoms with van der Waals surface area (Å²) in [6.07, 6.45) is 3.63. The number of thiophene rings is 1. The summed E-state index contributed by atoms with van der Waals surface area (Å²) in [5.41, 5.74) is 0.0428. The van der Waals surface area contributed by atoms with E-state index in [0.717, 1.165) is 30.8 Å². The van der Waals surface area contributed by atoms with Crippen molar-refractivity contribution in [3.05, 3.63) is 21.9 Å². The summed E-state index contributed by atoms with van der Waals surface area (Å²) in [5.74, 6) is -0.774. The normalized spacial score (nSPS) is 17.4. The first-order valence-electron chi connectivity index (χ1n) is 6.19. The average molecular weight is 269 g/mol. The number of carboxylic acid groups (broad SMARTS) is 1. The molecule has 0 spiro atoms. The quantitative estimate of drug-likeness (QED) is 0.795. The molecule has 1 aliphatic carbocycles. The second-order valence-corrected chi connectivity index (χ2v) is 6.04. The Morgan fingerprint density at radius 1 is 1.50 bits per heavy atom. The van der Waals surface area contributed by atoms with Crippen LogP contribution in [0.2, 0.25) is 0 Å². The zero-order valence-corrected chi connectivity index (χ0v) is 11.4. The van der Waals surface area contributed by atoms with E-state index in [1.807, 2.05) is 12.1 Å². The summed E-state index contributed by atoms with van der Waals surface area (Å²) >= 11 is 1.56. The van der Waals surface area contributed by atoms with Crippen molar-refractivity contribution in [1.82, 2.24) is 5.32 Å². The highest BCUT2D eigenvalue weighted by Crippen LogP contribution is 2.34. The predicted octanol–water partition coefficient (Wildman–Crippen LogP) is 2.03.